The number of allylic oxidation sites excluding steroid dienone is 3. The average Bonchev–Trinajstić information content (AvgIpc) is 2.65. The number of rotatable bonds is 6. The number of ether oxygens (including phenoxy) is 1. The molecule has 0 radical (unpaired) electrons. The number of phenolic OH excluding ortho intramolecular Hbond substituents is 1. The average molecular weight is 388 g/mol. The summed E-state index contributed by atoms with van der Waals surface area (Å²) in [6.07, 6.45) is 2.10. The van der Waals surface area contributed by atoms with Crippen LogP contribution in [0.15, 0.2) is 46.8 Å². The molecule has 3 rings (SSSR count). The zero-order valence-corrected chi connectivity index (χ0v) is 16.5. The van der Waals surface area contributed by atoms with E-state index in [1.54, 1.807) is 36.0 Å². The van der Waals surface area contributed by atoms with Crippen LogP contribution in [0.2, 0.25) is 0 Å². The molecule has 27 heavy (non-hydrogen) atoms. The lowest BCUT2D eigenvalue weighted by molar-refractivity contribution is -0.138. The van der Waals surface area contributed by atoms with E-state index in [0.717, 1.165) is 41.3 Å². The maximum Gasteiger partial charge on any atom is 0.336 e. The van der Waals surface area contributed by atoms with Gasteiger partial charge in [-0.2, -0.15) is 11.8 Å². The highest BCUT2D eigenvalue weighted by Gasteiger charge is 2.39. The van der Waals surface area contributed by atoms with Crippen molar-refractivity contribution in [2.24, 2.45) is 0 Å². The van der Waals surface area contributed by atoms with Crippen molar-refractivity contribution in [1.29, 1.82) is 0 Å². The lowest BCUT2D eigenvalue weighted by Gasteiger charge is -2.34. The van der Waals surface area contributed by atoms with Crippen LogP contribution >= 0.6 is 11.8 Å². The van der Waals surface area contributed by atoms with Crippen LogP contribution in [0.3, 0.4) is 0 Å². The summed E-state index contributed by atoms with van der Waals surface area (Å²) in [7, 11) is 0. The van der Waals surface area contributed by atoms with Gasteiger partial charge >= 0.3 is 5.97 Å². The van der Waals surface area contributed by atoms with Crippen LogP contribution < -0.4 is 5.32 Å². The fourth-order valence-corrected chi connectivity index (χ4v) is 4.16. The molecule has 1 aromatic carbocycles. The van der Waals surface area contributed by atoms with Gasteiger partial charge < -0.3 is 15.2 Å². The van der Waals surface area contributed by atoms with Gasteiger partial charge in [-0.3, -0.25) is 4.79 Å². The van der Waals surface area contributed by atoms with Crippen LogP contribution in [0.1, 0.15) is 44.6 Å². The number of phenols is 1. The van der Waals surface area contributed by atoms with Gasteiger partial charge in [-0.15, -0.1) is 0 Å². The Morgan fingerprint density at radius 1 is 1.30 bits per heavy atom. The minimum Gasteiger partial charge on any atom is -0.508 e. The van der Waals surface area contributed by atoms with Crippen LogP contribution in [-0.4, -0.2) is 35.0 Å². The summed E-state index contributed by atoms with van der Waals surface area (Å²) in [6, 6.07) is 6.71. The van der Waals surface area contributed by atoms with E-state index in [1.807, 2.05) is 6.92 Å². The maximum atomic E-state index is 12.9. The predicted octanol–water partition coefficient (Wildman–Crippen LogP) is 3.66. The fourth-order valence-electron chi connectivity index (χ4n) is 3.67. The molecule has 0 aromatic heterocycles. The summed E-state index contributed by atoms with van der Waals surface area (Å²) in [4.78, 5) is 25.6. The quantitative estimate of drug-likeness (QED) is 0.573. The molecule has 0 saturated heterocycles. The minimum atomic E-state index is -0.457. The number of carbonyl (C=O) groups is 2. The Morgan fingerprint density at radius 2 is 2.04 bits per heavy atom. The lowest BCUT2D eigenvalue weighted by atomic mass is 9.75. The van der Waals surface area contributed by atoms with Gasteiger partial charge in [0.2, 0.25) is 0 Å². The zero-order chi connectivity index (χ0) is 19.4. The molecular weight excluding hydrogens is 362 g/mol. The first kappa shape index (κ1) is 19.5. The van der Waals surface area contributed by atoms with Crippen molar-refractivity contribution in [3.63, 3.8) is 0 Å². The molecule has 0 fully saturated rings. The van der Waals surface area contributed by atoms with Gasteiger partial charge in [0, 0.05) is 35.1 Å². The van der Waals surface area contributed by atoms with Gasteiger partial charge in [0.25, 0.3) is 0 Å². The zero-order valence-electron chi connectivity index (χ0n) is 15.7. The maximum absolute atomic E-state index is 12.9. The minimum absolute atomic E-state index is 0.0705. The third kappa shape index (κ3) is 4.21. The highest BCUT2D eigenvalue weighted by Crippen LogP contribution is 2.42. The summed E-state index contributed by atoms with van der Waals surface area (Å²) >= 11 is 1.71. The molecule has 0 amide bonds. The number of aromatic hydroxyl groups is 1. The van der Waals surface area contributed by atoms with E-state index in [1.165, 1.54) is 0 Å². The van der Waals surface area contributed by atoms with E-state index in [0.29, 0.717) is 24.2 Å². The third-order valence-corrected chi connectivity index (χ3v) is 5.75. The summed E-state index contributed by atoms with van der Waals surface area (Å²) in [5.41, 5.74) is 3.59. The molecule has 0 bridgehead atoms. The van der Waals surface area contributed by atoms with Crippen molar-refractivity contribution in [3.8, 4) is 5.75 Å². The van der Waals surface area contributed by atoms with Crippen LogP contribution in [0.5, 0.6) is 5.75 Å². The van der Waals surface area contributed by atoms with Crippen molar-refractivity contribution < 1.29 is 19.4 Å². The molecule has 2 aliphatic rings. The number of benzene rings is 1. The number of hydrogen-bond donors (Lipinski definition) is 2. The molecule has 144 valence electrons. The van der Waals surface area contributed by atoms with E-state index in [2.05, 4.69) is 12.2 Å². The van der Waals surface area contributed by atoms with Crippen molar-refractivity contribution >= 4 is 23.5 Å². The van der Waals surface area contributed by atoms with Crippen LogP contribution in [-0.2, 0) is 14.3 Å². The molecule has 5 nitrogen and oxygen atoms in total. The lowest BCUT2D eigenvalue weighted by Crippen LogP contribution is -2.34. The van der Waals surface area contributed by atoms with Gasteiger partial charge in [-0.25, -0.2) is 4.79 Å². The summed E-state index contributed by atoms with van der Waals surface area (Å²) in [5, 5.41) is 12.9. The van der Waals surface area contributed by atoms with Crippen LogP contribution in [0.25, 0.3) is 0 Å². The molecule has 1 aliphatic carbocycles. The Bertz CT molecular complexity index is 795. The Labute approximate surface area is 163 Å². The summed E-state index contributed by atoms with van der Waals surface area (Å²) in [5.74, 6) is 1.10. The number of hydrogen-bond acceptors (Lipinski definition) is 6. The number of thioether (sulfide) groups is 1. The molecule has 6 heteroatoms. The third-order valence-electron chi connectivity index (χ3n) is 4.89. The molecule has 1 heterocycles. The SMILES string of the molecule is CCSCCOC(=O)C1=C(C)NC2=C(C(=O)CCC2)[C@@H]1c1ccc(O)cc1. The Morgan fingerprint density at radius 3 is 2.74 bits per heavy atom. The fraction of sp³-hybridized carbons (Fsp3) is 0.429. The van der Waals surface area contributed by atoms with Gasteiger partial charge in [0.05, 0.1) is 5.57 Å². The highest BCUT2D eigenvalue weighted by molar-refractivity contribution is 7.99. The van der Waals surface area contributed by atoms with Gasteiger partial charge in [0.1, 0.15) is 12.4 Å². The van der Waals surface area contributed by atoms with Crippen molar-refractivity contribution in [1.82, 2.24) is 5.32 Å². The Kier molecular flexibility index (Phi) is 6.26. The highest BCUT2D eigenvalue weighted by atomic mass is 32.2. The second kappa shape index (κ2) is 8.65. The number of nitrogens with one attached hydrogen (secondary N) is 1. The smallest absolute Gasteiger partial charge is 0.336 e. The van der Waals surface area contributed by atoms with E-state index in [-0.39, 0.29) is 17.5 Å². The number of carbonyl (C=O) groups excluding carboxylic acids is 2. The Balaban J connectivity index is 1.97. The summed E-state index contributed by atoms with van der Waals surface area (Å²) < 4.78 is 5.50. The number of ketones is 1. The molecular formula is C21H25NO4S. The van der Waals surface area contributed by atoms with Gasteiger partial charge in [-0.1, -0.05) is 19.1 Å². The monoisotopic (exact) mass is 387 g/mol. The van der Waals surface area contributed by atoms with Gasteiger partial charge in [-0.05, 0) is 43.2 Å². The second-order valence-corrected chi connectivity index (χ2v) is 8.08. The normalized spacial score (nSPS) is 19.6. The molecule has 0 saturated carbocycles. The topological polar surface area (TPSA) is 75.6 Å². The Hall–Kier alpha value is -2.21. The number of esters is 1. The van der Waals surface area contributed by atoms with Gasteiger partial charge in [0.15, 0.2) is 5.78 Å². The van der Waals surface area contributed by atoms with E-state index in [4.69, 9.17) is 4.74 Å². The molecule has 1 aliphatic heterocycles. The first-order valence-electron chi connectivity index (χ1n) is 9.30. The molecule has 2 N–H and O–H groups in total. The summed E-state index contributed by atoms with van der Waals surface area (Å²) in [6.45, 7) is 4.26. The first-order valence-corrected chi connectivity index (χ1v) is 10.5. The van der Waals surface area contributed by atoms with Crippen molar-refractivity contribution in [2.75, 3.05) is 18.1 Å². The molecule has 1 aromatic rings. The predicted molar refractivity (Wildman–Crippen MR) is 107 cm³/mol. The van der Waals surface area contributed by atoms with E-state index >= 15 is 0 Å². The van der Waals surface area contributed by atoms with E-state index in [9.17, 15) is 14.7 Å². The van der Waals surface area contributed by atoms with Crippen molar-refractivity contribution in [3.05, 3.63) is 52.4 Å². The van der Waals surface area contributed by atoms with Crippen molar-refractivity contribution in [2.45, 2.75) is 39.0 Å². The number of dihydropyridines is 1. The standard InChI is InChI=1S/C21H25NO4S/c1-3-27-12-11-26-21(25)18-13(2)22-16-5-4-6-17(24)20(16)19(18)14-7-9-15(23)10-8-14/h7-10,19,22-23H,3-6,11-12H2,1-2H3/t19-/m1/s1. The molecule has 0 spiro atoms. The van der Waals surface area contributed by atoms with Crippen LogP contribution in [0.4, 0.5) is 0 Å². The molecule has 1 atom stereocenters. The largest absolute Gasteiger partial charge is 0.508 e. The first-order chi connectivity index (χ1) is 13.0. The second-order valence-electron chi connectivity index (χ2n) is 6.69. The van der Waals surface area contributed by atoms with Crippen LogP contribution in [0, 0.1) is 0 Å². The number of Topliss-reactive ketones (excluding diaryl/α,β-unsaturated/α-hetero) is 1. The molecule has 0 unspecified atom stereocenters. The van der Waals surface area contributed by atoms with E-state index < -0.39 is 5.92 Å².